The van der Waals surface area contributed by atoms with Gasteiger partial charge in [-0.1, -0.05) is 12.1 Å². The van der Waals surface area contributed by atoms with Crippen molar-refractivity contribution < 1.29 is 9.47 Å². The highest BCUT2D eigenvalue weighted by molar-refractivity contribution is 5.50. The van der Waals surface area contributed by atoms with E-state index in [0.29, 0.717) is 0 Å². The van der Waals surface area contributed by atoms with Crippen LogP contribution >= 0.6 is 0 Å². The molecule has 0 aliphatic heterocycles. The second-order valence-electron chi connectivity index (χ2n) is 7.01. The molecule has 0 aliphatic carbocycles. The van der Waals surface area contributed by atoms with Crippen LogP contribution in [0.2, 0.25) is 0 Å². The molecule has 0 heterocycles. The van der Waals surface area contributed by atoms with Crippen molar-refractivity contribution in [3.8, 4) is 23.0 Å². The van der Waals surface area contributed by atoms with Crippen molar-refractivity contribution in [2.45, 2.75) is 41.5 Å². The zero-order valence-electron chi connectivity index (χ0n) is 16.4. The van der Waals surface area contributed by atoms with E-state index in [2.05, 4.69) is 65.8 Å². The van der Waals surface area contributed by atoms with Crippen molar-refractivity contribution in [1.29, 1.82) is 0 Å². The van der Waals surface area contributed by atoms with Crippen LogP contribution in [-0.4, -0.2) is 0 Å². The summed E-state index contributed by atoms with van der Waals surface area (Å²) in [7, 11) is 0. The largest absolute Gasteiger partial charge is 0.457 e. The molecule has 26 heavy (non-hydrogen) atoms. The first kappa shape index (κ1) is 18.1. The van der Waals surface area contributed by atoms with Crippen LogP contribution in [0.25, 0.3) is 0 Å². The van der Waals surface area contributed by atoms with Gasteiger partial charge in [-0.3, -0.25) is 0 Å². The van der Waals surface area contributed by atoms with E-state index in [4.69, 9.17) is 9.47 Å². The van der Waals surface area contributed by atoms with Crippen molar-refractivity contribution in [2.75, 3.05) is 0 Å². The van der Waals surface area contributed by atoms with E-state index in [1.165, 1.54) is 22.3 Å². The van der Waals surface area contributed by atoms with Gasteiger partial charge in [0.25, 0.3) is 0 Å². The van der Waals surface area contributed by atoms with Crippen molar-refractivity contribution >= 4 is 0 Å². The Labute approximate surface area is 156 Å². The molecule has 2 heteroatoms. The van der Waals surface area contributed by atoms with Gasteiger partial charge < -0.3 is 9.47 Å². The molecule has 0 fully saturated rings. The molecule has 2 nitrogen and oxygen atoms in total. The number of rotatable bonds is 4. The monoisotopic (exact) mass is 346 g/mol. The average Bonchev–Trinajstić information content (AvgIpc) is 2.61. The van der Waals surface area contributed by atoms with Crippen LogP contribution in [0.5, 0.6) is 23.0 Å². The van der Waals surface area contributed by atoms with Crippen LogP contribution in [-0.2, 0) is 0 Å². The lowest BCUT2D eigenvalue weighted by molar-refractivity contribution is 0.462. The van der Waals surface area contributed by atoms with Crippen molar-refractivity contribution in [3.63, 3.8) is 0 Å². The molecule has 0 spiro atoms. The second-order valence-corrected chi connectivity index (χ2v) is 7.01. The summed E-state index contributed by atoms with van der Waals surface area (Å²) in [4.78, 5) is 0. The van der Waals surface area contributed by atoms with Gasteiger partial charge >= 0.3 is 0 Å². The summed E-state index contributed by atoms with van der Waals surface area (Å²) >= 11 is 0. The van der Waals surface area contributed by atoms with Crippen LogP contribution in [0.4, 0.5) is 0 Å². The van der Waals surface area contributed by atoms with Crippen LogP contribution in [0.15, 0.2) is 48.5 Å². The van der Waals surface area contributed by atoms with Gasteiger partial charge in [0.1, 0.15) is 23.0 Å². The van der Waals surface area contributed by atoms with Crippen LogP contribution in [0.1, 0.15) is 33.4 Å². The Morgan fingerprint density at radius 1 is 0.462 bits per heavy atom. The first-order valence-electron chi connectivity index (χ1n) is 8.95. The quantitative estimate of drug-likeness (QED) is 0.500. The van der Waals surface area contributed by atoms with E-state index in [-0.39, 0.29) is 0 Å². The zero-order chi connectivity index (χ0) is 18.8. The first-order chi connectivity index (χ1) is 12.3. The molecule has 0 N–H and O–H groups in total. The van der Waals surface area contributed by atoms with Crippen LogP contribution in [0.3, 0.4) is 0 Å². The van der Waals surface area contributed by atoms with E-state index < -0.39 is 0 Å². The zero-order valence-corrected chi connectivity index (χ0v) is 16.4. The standard InChI is InChI=1S/C24H26O2/c1-15-7-9-21(13-17(15)3)25-23-11-12-24(20(6)19(23)5)26-22-10-8-16(2)18(4)14-22/h7-14H,1-6H3. The minimum absolute atomic E-state index is 0.859. The molecule has 0 bridgehead atoms. The molecule has 0 saturated carbocycles. The highest BCUT2D eigenvalue weighted by atomic mass is 16.5. The molecular weight excluding hydrogens is 320 g/mol. The molecule has 0 unspecified atom stereocenters. The second kappa shape index (κ2) is 7.25. The Morgan fingerprint density at radius 3 is 1.19 bits per heavy atom. The average molecular weight is 346 g/mol. The fourth-order valence-corrected chi connectivity index (χ4v) is 2.80. The van der Waals surface area contributed by atoms with Gasteiger partial charge in [-0.25, -0.2) is 0 Å². The number of hydrogen-bond acceptors (Lipinski definition) is 2. The van der Waals surface area contributed by atoms with E-state index in [1.807, 2.05) is 24.3 Å². The normalized spacial score (nSPS) is 10.7. The Balaban J connectivity index is 1.85. The fourth-order valence-electron chi connectivity index (χ4n) is 2.80. The predicted molar refractivity (Wildman–Crippen MR) is 108 cm³/mol. The van der Waals surface area contributed by atoms with E-state index >= 15 is 0 Å². The third-order valence-corrected chi connectivity index (χ3v) is 5.10. The Morgan fingerprint density at radius 2 is 0.846 bits per heavy atom. The lowest BCUT2D eigenvalue weighted by atomic mass is 10.1. The number of aryl methyl sites for hydroxylation is 4. The third-order valence-electron chi connectivity index (χ3n) is 5.10. The first-order valence-corrected chi connectivity index (χ1v) is 8.95. The van der Waals surface area contributed by atoms with Gasteiger partial charge in [0.15, 0.2) is 0 Å². The Hall–Kier alpha value is -2.74. The lowest BCUT2D eigenvalue weighted by Crippen LogP contribution is -1.95. The molecule has 3 aromatic rings. The van der Waals surface area contributed by atoms with Gasteiger partial charge in [-0.05, 0) is 111 Å². The fraction of sp³-hybridized carbons (Fsp3) is 0.250. The van der Waals surface area contributed by atoms with Gasteiger partial charge in [0, 0.05) is 0 Å². The van der Waals surface area contributed by atoms with Gasteiger partial charge in [-0.15, -0.1) is 0 Å². The SMILES string of the molecule is Cc1ccc(Oc2ccc(Oc3ccc(C)c(C)c3)c(C)c2C)cc1C. The number of benzene rings is 3. The third kappa shape index (κ3) is 3.75. The molecular formula is C24H26O2. The molecule has 0 amide bonds. The van der Waals surface area contributed by atoms with Crippen molar-refractivity contribution in [3.05, 3.63) is 81.9 Å². The minimum atomic E-state index is 0.859. The Kier molecular flexibility index (Phi) is 5.03. The highest BCUT2D eigenvalue weighted by Gasteiger charge is 2.11. The predicted octanol–water partition coefficient (Wildman–Crippen LogP) is 7.12. The summed E-state index contributed by atoms with van der Waals surface area (Å²) in [6, 6.07) is 16.3. The van der Waals surface area contributed by atoms with Gasteiger partial charge in [0.2, 0.25) is 0 Å². The summed E-state index contributed by atoms with van der Waals surface area (Å²) in [5, 5.41) is 0. The van der Waals surface area contributed by atoms with E-state index in [0.717, 1.165) is 34.1 Å². The van der Waals surface area contributed by atoms with E-state index in [9.17, 15) is 0 Å². The summed E-state index contributed by atoms with van der Waals surface area (Å²) < 4.78 is 12.2. The topological polar surface area (TPSA) is 18.5 Å². The van der Waals surface area contributed by atoms with Gasteiger partial charge in [0.05, 0.1) is 0 Å². The highest BCUT2D eigenvalue weighted by Crippen LogP contribution is 2.35. The summed E-state index contributed by atoms with van der Waals surface area (Å²) in [5.41, 5.74) is 7.16. The molecule has 0 aliphatic rings. The Bertz CT molecular complexity index is 876. The molecule has 134 valence electrons. The molecule has 3 aromatic carbocycles. The number of ether oxygens (including phenoxy) is 2. The summed E-state index contributed by atoms with van der Waals surface area (Å²) in [6.07, 6.45) is 0. The smallest absolute Gasteiger partial charge is 0.130 e. The lowest BCUT2D eigenvalue weighted by Gasteiger charge is -2.16. The molecule has 0 radical (unpaired) electrons. The molecule has 0 aromatic heterocycles. The summed E-state index contributed by atoms with van der Waals surface area (Å²) in [5.74, 6) is 3.44. The minimum Gasteiger partial charge on any atom is -0.457 e. The molecule has 0 atom stereocenters. The number of hydrogen-bond donors (Lipinski definition) is 0. The van der Waals surface area contributed by atoms with E-state index in [1.54, 1.807) is 0 Å². The maximum Gasteiger partial charge on any atom is 0.130 e. The van der Waals surface area contributed by atoms with Gasteiger partial charge in [-0.2, -0.15) is 0 Å². The molecule has 0 saturated heterocycles. The maximum atomic E-state index is 6.11. The van der Waals surface area contributed by atoms with Crippen LogP contribution in [0, 0.1) is 41.5 Å². The van der Waals surface area contributed by atoms with Crippen molar-refractivity contribution in [2.24, 2.45) is 0 Å². The maximum absolute atomic E-state index is 6.11. The van der Waals surface area contributed by atoms with Crippen LogP contribution < -0.4 is 9.47 Å². The summed E-state index contributed by atoms with van der Waals surface area (Å²) in [6.45, 7) is 12.5. The molecule has 3 rings (SSSR count). The van der Waals surface area contributed by atoms with Crippen molar-refractivity contribution in [1.82, 2.24) is 0 Å².